The van der Waals surface area contributed by atoms with Crippen LogP contribution in [0.1, 0.15) is 24.2 Å². The molecule has 1 rings (SSSR count). The fourth-order valence-corrected chi connectivity index (χ4v) is 1.08. The molecule has 0 spiro atoms. The van der Waals surface area contributed by atoms with Crippen LogP contribution in [0, 0.1) is 0 Å². The molecule has 4 heteroatoms. The number of benzene rings is 1. The van der Waals surface area contributed by atoms with E-state index in [1.54, 1.807) is 6.07 Å². The summed E-state index contributed by atoms with van der Waals surface area (Å²) < 4.78 is 0. The molecule has 0 saturated carbocycles. The zero-order valence-electron chi connectivity index (χ0n) is 8.24. The van der Waals surface area contributed by atoms with Crippen molar-refractivity contribution in [2.45, 2.75) is 19.9 Å². The monoisotopic (exact) mass is 194 g/mol. The maximum atomic E-state index is 11.5. The van der Waals surface area contributed by atoms with Crippen LogP contribution in [-0.4, -0.2) is 17.1 Å². The van der Waals surface area contributed by atoms with Gasteiger partial charge in [0.05, 0.1) is 5.56 Å². The number of rotatable bonds is 2. The second-order valence-electron chi connectivity index (χ2n) is 3.40. The summed E-state index contributed by atoms with van der Waals surface area (Å²) in [4.78, 5) is 11.5. The van der Waals surface area contributed by atoms with E-state index in [2.05, 4.69) is 5.32 Å². The van der Waals surface area contributed by atoms with Crippen molar-refractivity contribution in [3.05, 3.63) is 23.8 Å². The smallest absolute Gasteiger partial charge is 0.255 e. The van der Waals surface area contributed by atoms with Gasteiger partial charge in [0.1, 0.15) is 5.75 Å². The lowest BCUT2D eigenvalue weighted by atomic mass is 10.1. The summed E-state index contributed by atoms with van der Waals surface area (Å²) >= 11 is 0. The summed E-state index contributed by atoms with van der Waals surface area (Å²) in [5.41, 5.74) is 6.11. The number of carbonyl (C=O) groups excluding carboxylic acids is 1. The van der Waals surface area contributed by atoms with E-state index in [4.69, 9.17) is 5.73 Å². The number of phenols is 1. The van der Waals surface area contributed by atoms with E-state index < -0.39 is 0 Å². The standard InChI is InChI=1S/C10H14N2O2/c1-6(2)12-10(14)8-4-3-7(11)5-9(8)13/h3-6,13H,11H2,1-2H3,(H,12,14). The van der Waals surface area contributed by atoms with Gasteiger partial charge in [-0.25, -0.2) is 0 Å². The van der Waals surface area contributed by atoms with Crippen molar-refractivity contribution in [2.24, 2.45) is 0 Å². The van der Waals surface area contributed by atoms with Crippen LogP contribution < -0.4 is 11.1 Å². The highest BCUT2D eigenvalue weighted by Gasteiger charge is 2.11. The molecule has 1 aromatic carbocycles. The molecule has 4 nitrogen and oxygen atoms in total. The summed E-state index contributed by atoms with van der Waals surface area (Å²) in [5.74, 6) is -0.388. The fraction of sp³-hybridized carbons (Fsp3) is 0.300. The van der Waals surface area contributed by atoms with Gasteiger partial charge < -0.3 is 16.2 Å². The van der Waals surface area contributed by atoms with Crippen molar-refractivity contribution >= 4 is 11.6 Å². The highest BCUT2D eigenvalue weighted by atomic mass is 16.3. The Morgan fingerprint density at radius 1 is 1.50 bits per heavy atom. The first-order chi connectivity index (χ1) is 6.50. The molecule has 0 aliphatic rings. The zero-order valence-corrected chi connectivity index (χ0v) is 8.24. The molecule has 0 aromatic heterocycles. The Bertz CT molecular complexity index is 348. The molecule has 0 aliphatic carbocycles. The average molecular weight is 194 g/mol. The van der Waals surface area contributed by atoms with Gasteiger partial charge in [0, 0.05) is 17.8 Å². The molecule has 1 amide bonds. The first kappa shape index (κ1) is 10.4. The number of nitrogens with one attached hydrogen (secondary N) is 1. The van der Waals surface area contributed by atoms with Gasteiger partial charge in [-0.3, -0.25) is 4.79 Å². The Balaban J connectivity index is 2.90. The van der Waals surface area contributed by atoms with E-state index >= 15 is 0 Å². The first-order valence-corrected chi connectivity index (χ1v) is 4.40. The van der Waals surface area contributed by atoms with Crippen molar-refractivity contribution in [3.8, 4) is 5.75 Å². The fourth-order valence-electron chi connectivity index (χ4n) is 1.08. The minimum Gasteiger partial charge on any atom is -0.507 e. The molecule has 0 radical (unpaired) electrons. The minimum absolute atomic E-state index is 0.0412. The van der Waals surface area contributed by atoms with E-state index in [0.29, 0.717) is 5.69 Å². The van der Waals surface area contributed by atoms with Crippen LogP contribution in [0.3, 0.4) is 0 Å². The highest BCUT2D eigenvalue weighted by Crippen LogP contribution is 2.19. The van der Waals surface area contributed by atoms with Crippen LogP contribution in [0.15, 0.2) is 18.2 Å². The van der Waals surface area contributed by atoms with Gasteiger partial charge in [0.2, 0.25) is 0 Å². The molecule has 4 N–H and O–H groups in total. The summed E-state index contributed by atoms with van der Waals surface area (Å²) in [6.45, 7) is 3.71. The largest absolute Gasteiger partial charge is 0.507 e. The van der Waals surface area contributed by atoms with Gasteiger partial charge in [0.15, 0.2) is 0 Å². The Kier molecular flexibility index (Phi) is 2.96. The second kappa shape index (κ2) is 4.00. The van der Waals surface area contributed by atoms with Gasteiger partial charge >= 0.3 is 0 Å². The topological polar surface area (TPSA) is 75.4 Å². The Labute approximate surface area is 82.7 Å². The van der Waals surface area contributed by atoms with Crippen LogP contribution in [0.5, 0.6) is 5.75 Å². The molecular weight excluding hydrogens is 180 g/mol. The summed E-state index contributed by atoms with van der Waals surface area (Å²) in [6, 6.07) is 4.48. The first-order valence-electron chi connectivity index (χ1n) is 4.40. The zero-order chi connectivity index (χ0) is 10.7. The maximum absolute atomic E-state index is 11.5. The summed E-state index contributed by atoms with van der Waals surface area (Å²) in [6.07, 6.45) is 0. The van der Waals surface area contributed by atoms with Crippen LogP contribution >= 0.6 is 0 Å². The lowest BCUT2D eigenvalue weighted by molar-refractivity contribution is 0.0940. The predicted molar refractivity (Wildman–Crippen MR) is 55.1 cm³/mol. The third-order valence-electron chi connectivity index (χ3n) is 1.69. The molecule has 0 unspecified atom stereocenters. The number of amides is 1. The van der Waals surface area contributed by atoms with E-state index in [1.165, 1.54) is 12.1 Å². The number of anilines is 1. The van der Waals surface area contributed by atoms with Gasteiger partial charge in [0.25, 0.3) is 5.91 Å². The quantitative estimate of drug-likeness (QED) is 0.617. The number of hydrogen-bond acceptors (Lipinski definition) is 3. The molecule has 0 saturated heterocycles. The van der Waals surface area contributed by atoms with Crippen molar-refractivity contribution < 1.29 is 9.90 Å². The van der Waals surface area contributed by atoms with Crippen molar-refractivity contribution in [1.29, 1.82) is 0 Å². The molecule has 0 bridgehead atoms. The summed E-state index contributed by atoms with van der Waals surface area (Å²) in [5, 5.41) is 12.1. The minimum atomic E-state index is -0.294. The molecule has 0 atom stereocenters. The van der Waals surface area contributed by atoms with E-state index in [9.17, 15) is 9.90 Å². The molecular formula is C10H14N2O2. The SMILES string of the molecule is CC(C)NC(=O)c1ccc(N)cc1O. The van der Waals surface area contributed by atoms with Gasteiger partial charge in [-0.2, -0.15) is 0 Å². The van der Waals surface area contributed by atoms with E-state index in [-0.39, 0.29) is 23.3 Å². The molecule has 76 valence electrons. The number of nitrogen functional groups attached to an aromatic ring is 1. The maximum Gasteiger partial charge on any atom is 0.255 e. The van der Waals surface area contributed by atoms with Crippen molar-refractivity contribution in [1.82, 2.24) is 5.32 Å². The third-order valence-corrected chi connectivity index (χ3v) is 1.69. The Morgan fingerprint density at radius 2 is 2.14 bits per heavy atom. The van der Waals surface area contributed by atoms with Crippen molar-refractivity contribution in [2.75, 3.05) is 5.73 Å². The summed E-state index contributed by atoms with van der Waals surface area (Å²) in [7, 11) is 0. The number of aromatic hydroxyl groups is 1. The molecule has 0 heterocycles. The third kappa shape index (κ3) is 2.39. The number of nitrogens with two attached hydrogens (primary N) is 1. The lowest BCUT2D eigenvalue weighted by Crippen LogP contribution is -2.30. The van der Waals surface area contributed by atoms with Crippen LogP contribution in [0.25, 0.3) is 0 Å². The predicted octanol–water partition coefficient (Wildman–Crippen LogP) is 1.11. The molecule has 14 heavy (non-hydrogen) atoms. The average Bonchev–Trinajstić information content (AvgIpc) is 2.01. The van der Waals surface area contributed by atoms with Crippen LogP contribution in [-0.2, 0) is 0 Å². The Morgan fingerprint density at radius 3 is 2.64 bits per heavy atom. The van der Waals surface area contributed by atoms with Crippen LogP contribution in [0.2, 0.25) is 0 Å². The Hall–Kier alpha value is -1.71. The second-order valence-corrected chi connectivity index (χ2v) is 3.40. The van der Waals surface area contributed by atoms with Gasteiger partial charge in [-0.05, 0) is 26.0 Å². The molecule has 1 aromatic rings. The van der Waals surface area contributed by atoms with E-state index in [0.717, 1.165) is 0 Å². The molecule has 0 fully saturated rings. The molecule has 0 aliphatic heterocycles. The van der Waals surface area contributed by atoms with Crippen molar-refractivity contribution in [3.63, 3.8) is 0 Å². The highest BCUT2D eigenvalue weighted by molar-refractivity contribution is 5.97. The van der Waals surface area contributed by atoms with E-state index in [1.807, 2.05) is 13.8 Å². The van der Waals surface area contributed by atoms with Gasteiger partial charge in [-0.15, -0.1) is 0 Å². The lowest BCUT2D eigenvalue weighted by Gasteiger charge is -2.09. The van der Waals surface area contributed by atoms with Crippen LogP contribution in [0.4, 0.5) is 5.69 Å². The number of phenolic OH excluding ortho intramolecular Hbond substituents is 1. The van der Waals surface area contributed by atoms with Gasteiger partial charge in [-0.1, -0.05) is 0 Å². The number of hydrogen-bond donors (Lipinski definition) is 3. The normalized spacial score (nSPS) is 10.2. The number of carbonyl (C=O) groups is 1.